The highest BCUT2D eigenvalue weighted by Crippen LogP contribution is 2.24. The molecule has 15 heavy (non-hydrogen) atoms. The zero-order valence-corrected chi connectivity index (χ0v) is 8.30. The molecule has 1 rings (SSSR count). The number of hydrogen-bond donors (Lipinski definition) is 3. The van der Waals surface area contributed by atoms with Gasteiger partial charge in [-0.15, -0.1) is 0 Å². The smallest absolute Gasteiger partial charge is 0.250 e. The average Bonchev–Trinajstić information content (AvgIpc) is 2.20. The third-order valence-electron chi connectivity index (χ3n) is 1.60. The molecule has 3 N–H and O–H groups in total. The normalized spacial score (nSPS) is 11.9. The van der Waals surface area contributed by atoms with Crippen molar-refractivity contribution in [2.45, 2.75) is 13.2 Å². The Bertz CT molecular complexity index is 338. The Morgan fingerprint density at radius 3 is 2.80 bits per heavy atom. The highest BCUT2D eigenvalue weighted by Gasteiger charge is 2.07. The van der Waals surface area contributed by atoms with Crippen LogP contribution in [0.5, 0.6) is 5.75 Å². The maximum atomic E-state index is 10.9. The summed E-state index contributed by atoms with van der Waals surface area (Å²) in [5.74, 6) is -0.175. The van der Waals surface area contributed by atoms with Crippen molar-refractivity contribution in [1.82, 2.24) is 0 Å². The molecule has 1 aromatic carbocycles. The van der Waals surface area contributed by atoms with Crippen LogP contribution in [0.3, 0.4) is 0 Å². The van der Waals surface area contributed by atoms with Crippen molar-refractivity contribution in [3.05, 3.63) is 24.3 Å². The van der Waals surface area contributed by atoms with E-state index in [-0.39, 0.29) is 0 Å². The number of aliphatic hydroxyl groups is 2. The van der Waals surface area contributed by atoms with Gasteiger partial charge in [-0.1, -0.05) is 12.1 Å². The molecule has 0 heterocycles. The SMILES string of the molecule is CC(O)Oc1ccccc1NC(=O)CO. The summed E-state index contributed by atoms with van der Waals surface area (Å²) in [4.78, 5) is 10.9. The minimum atomic E-state index is -0.961. The van der Waals surface area contributed by atoms with Crippen LogP contribution in [0.15, 0.2) is 24.3 Å². The second-order valence-corrected chi connectivity index (χ2v) is 2.92. The monoisotopic (exact) mass is 211 g/mol. The van der Waals surface area contributed by atoms with Gasteiger partial charge in [-0.05, 0) is 19.1 Å². The van der Waals surface area contributed by atoms with Gasteiger partial charge < -0.3 is 20.3 Å². The minimum absolute atomic E-state index is 0.356. The molecular weight excluding hydrogens is 198 g/mol. The Balaban J connectivity index is 2.81. The number of para-hydroxylation sites is 2. The van der Waals surface area contributed by atoms with Gasteiger partial charge in [0.1, 0.15) is 12.4 Å². The summed E-state index contributed by atoms with van der Waals surface area (Å²) in [5, 5.41) is 20.0. The number of carbonyl (C=O) groups excluding carboxylic acids is 1. The van der Waals surface area contributed by atoms with Crippen molar-refractivity contribution >= 4 is 11.6 Å². The predicted octanol–water partition coefficient (Wildman–Crippen LogP) is 0.334. The van der Waals surface area contributed by atoms with Crippen LogP contribution < -0.4 is 10.1 Å². The molecule has 0 radical (unpaired) electrons. The summed E-state index contributed by atoms with van der Waals surface area (Å²) in [5.41, 5.74) is 0.414. The van der Waals surface area contributed by atoms with Gasteiger partial charge in [0.2, 0.25) is 5.91 Å². The van der Waals surface area contributed by atoms with E-state index in [1.807, 2.05) is 0 Å². The number of nitrogens with one attached hydrogen (secondary N) is 1. The highest BCUT2D eigenvalue weighted by atomic mass is 16.6. The number of aliphatic hydroxyl groups excluding tert-OH is 2. The molecule has 5 heteroatoms. The standard InChI is InChI=1S/C10H13NO4/c1-7(13)15-9-5-3-2-4-8(9)11-10(14)6-12/h2-5,7,12-13H,6H2,1H3,(H,11,14). The van der Waals surface area contributed by atoms with E-state index in [2.05, 4.69) is 5.32 Å². The lowest BCUT2D eigenvalue weighted by Crippen LogP contribution is -2.17. The Morgan fingerprint density at radius 1 is 1.53 bits per heavy atom. The zero-order valence-electron chi connectivity index (χ0n) is 8.30. The van der Waals surface area contributed by atoms with Crippen molar-refractivity contribution in [1.29, 1.82) is 0 Å². The maximum Gasteiger partial charge on any atom is 0.250 e. The molecule has 1 unspecified atom stereocenters. The number of ether oxygens (including phenoxy) is 1. The second-order valence-electron chi connectivity index (χ2n) is 2.92. The van der Waals surface area contributed by atoms with E-state index in [4.69, 9.17) is 14.9 Å². The number of amides is 1. The molecule has 1 aromatic rings. The summed E-state index contributed by atoms with van der Waals surface area (Å²) in [6.45, 7) is 0.869. The van der Waals surface area contributed by atoms with E-state index in [1.54, 1.807) is 24.3 Å². The van der Waals surface area contributed by atoms with Crippen LogP contribution in [0.2, 0.25) is 0 Å². The third kappa shape index (κ3) is 3.57. The Hall–Kier alpha value is -1.59. The number of benzene rings is 1. The Morgan fingerprint density at radius 2 is 2.20 bits per heavy atom. The third-order valence-corrected chi connectivity index (χ3v) is 1.60. The van der Waals surface area contributed by atoms with E-state index in [0.29, 0.717) is 11.4 Å². The summed E-state index contributed by atoms with van der Waals surface area (Å²) >= 11 is 0. The van der Waals surface area contributed by atoms with Crippen LogP contribution in [0.1, 0.15) is 6.92 Å². The molecule has 0 aliphatic heterocycles. The van der Waals surface area contributed by atoms with Crippen LogP contribution >= 0.6 is 0 Å². The van der Waals surface area contributed by atoms with Gasteiger partial charge in [0.25, 0.3) is 0 Å². The van der Waals surface area contributed by atoms with E-state index < -0.39 is 18.8 Å². The Kier molecular flexibility index (Phi) is 4.08. The molecule has 0 fully saturated rings. The molecule has 0 spiro atoms. The van der Waals surface area contributed by atoms with Crippen LogP contribution in [0.4, 0.5) is 5.69 Å². The molecule has 0 aliphatic carbocycles. The first-order valence-electron chi connectivity index (χ1n) is 4.48. The van der Waals surface area contributed by atoms with E-state index in [0.717, 1.165) is 0 Å². The van der Waals surface area contributed by atoms with Gasteiger partial charge in [0.15, 0.2) is 6.29 Å². The number of rotatable bonds is 4. The average molecular weight is 211 g/mol. The highest BCUT2D eigenvalue weighted by molar-refractivity contribution is 5.92. The lowest BCUT2D eigenvalue weighted by Gasteiger charge is -2.13. The lowest BCUT2D eigenvalue weighted by molar-refractivity contribution is -0.118. The molecule has 0 saturated carbocycles. The van der Waals surface area contributed by atoms with Crippen molar-refractivity contribution in [2.24, 2.45) is 0 Å². The fraction of sp³-hybridized carbons (Fsp3) is 0.300. The topological polar surface area (TPSA) is 78.8 Å². The first-order chi connectivity index (χ1) is 7.13. The fourth-order valence-electron chi connectivity index (χ4n) is 1.05. The molecule has 0 saturated heterocycles. The van der Waals surface area contributed by atoms with Gasteiger partial charge in [-0.2, -0.15) is 0 Å². The van der Waals surface area contributed by atoms with E-state index in [1.165, 1.54) is 6.92 Å². The number of hydrogen-bond acceptors (Lipinski definition) is 4. The van der Waals surface area contributed by atoms with E-state index >= 15 is 0 Å². The van der Waals surface area contributed by atoms with Gasteiger partial charge in [0, 0.05) is 0 Å². The largest absolute Gasteiger partial charge is 0.463 e. The van der Waals surface area contributed by atoms with E-state index in [9.17, 15) is 4.79 Å². The lowest BCUT2D eigenvalue weighted by atomic mass is 10.3. The quantitative estimate of drug-likeness (QED) is 0.627. The minimum Gasteiger partial charge on any atom is -0.463 e. The number of anilines is 1. The molecule has 0 aliphatic rings. The van der Waals surface area contributed by atoms with Gasteiger partial charge >= 0.3 is 0 Å². The first kappa shape index (κ1) is 11.5. The van der Waals surface area contributed by atoms with Crippen LogP contribution in [0, 0.1) is 0 Å². The summed E-state index contributed by atoms with van der Waals surface area (Å²) in [7, 11) is 0. The maximum absolute atomic E-state index is 10.9. The van der Waals surface area contributed by atoms with Crippen LogP contribution in [0.25, 0.3) is 0 Å². The van der Waals surface area contributed by atoms with Crippen molar-refractivity contribution in [3.63, 3.8) is 0 Å². The van der Waals surface area contributed by atoms with Gasteiger partial charge in [0.05, 0.1) is 5.69 Å². The van der Waals surface area contributed by atoms with Crippen molar-refractivity contribution < 1.29 is 19.7 Å². The van der Waals surface area contributed by atoms with Gasteiger partial charge in [-0.3, -0.25) is 4.79 Å². The number of carbonyl (C=O) groups is 1. The molecule has 1 atom stereocenters. The zero-order chi connectivity index (χ0) is 11.3. The molecule has 5 nitrogen and oxygen atoms in total. The van der Waals surface area contributed by atoms with Crippen LogP contribution in [-0.4, -0.2) is 29.0 Å². The van der Waals surface area contributed by atoms with Crippen molar-refractivity contribution in [2.75, 3.05) is 11.9 Å². The molecule has 1 amide bonds. The Labute approximate surface area is 87.3 Å². The predicted molar refractivity (Wildman–Crippen MR) is 54.5 cm³/mol. The summed E-state index contributed by atoms with van der Waals surface area (Å²) < 4.78 is 5.05. The fourth-order valence-corrected chi connectivity index (χ4v) is 1.05. The molecular formula is C10H13NO4. The second kappa shape index (κ2) is 5.33. The molecule has 0 aromatic heterocycles. The summed E-state index contributed by atoms with van der Waals surface area (Å²) in [6, 6.07) is 6.65. The molecule has 82 valence electrons. The first-order valence-corrected chi connectivity index (χ1v) is 4.48. The summed E-state index contributed by atoms with van der Waals surface area (Å²) in [6.07, 6.45) is -0.961. The van der Waals surface area contributed by atoms with Gasteiger partial charge in [-0.25, -0.2) is 0 Å². The van der Waals surface area contributed by atoms with Crippen molar-refractivity contribution in [3.8, 4) is 5.75 Å². The van der Waals surface area contributed by atoms with Crippen LogP contribution in [-0.2, 0) is 4.79 Å². The molecule has 0 bridgehead atoms.